The van der Waals surface area contributed by atoms with Gasteiger partial charge >= 0.3 is 12.1 Å². The van der Waals surface area contributed by atoms with Gasteiger partial charge in [-0.05, 0) is 0 Å². The van der Waals surface area contributed by atoms with E-state index in [9.17, 15) is 9.59 Å². The van der Waals surface area contributed by atoms with Gasteiger partial charge in [0, 0.05) is 41.7 Å². The first kappa shape index (κ1) is 18.8. The quantitative estimate of drug-likeness (QED) is 0.829. The largest absolute Gasteiger partial charge is 0.497 e. The number of nitrogens with one attached hydrogen (secondary N) is 2. The van der Waals surface area contributed by atoms with Crippen molar-refractivity contribution in [3.05, 3.63) is 28.8 Å². The lowest BCUT2D eigenvalue weighted by molar-refractivity contribution is 0.187. The second-order valence-corrected chi connectivity index (χ2v) is 6.79. The highest BCUT2D eigenvalue weighted by atomic mass is 32.1. The second-order valence-electron chi connectivity index (χ2n) is 5.71. The summed E-state index contributed by atoms with van der Waals surface area (Å²) in [7, 11) is 4.40. The summed E-state index contributed by atoms with van der Waals surface area (Å²) in [6.07, 6.45) is 0.0476. The van der Waals surface area contributed by atoms with Crippen molar-refractivity contribution in [1.82, 2.24) is 9.88 Å². The van der Waals surface area contributed by atoms with Gasteiger partial charge < -0.3 is 24.4 Å². The van der Waals surface area contributed by atoms with Crippen LogP contribution in [0.25, 0.3) is 0 Å². The normalized spacial score (nSPS) is 12.8. The number of aromatic nitrogens is 1. The minimum absolute atomic E-state index is 0.230. The van der Waals surface area contributed by atoms with Crippen LogP contribution in [0.4, 0.5) is 20.4 Å². The molecule has 1 aromatic heterocycles. The zero-order valence-electron chi connectivity index (χ0n) is 15.2. The lowest BCUT2D eigenvalue weighted by atomic mass is 10.2. The molecule has 2 N–H and O–H groups in total. The van der Waals surface area contributed by atoms with Gasteiger partial charge in [-0.15, -0.1) is 0 Å². The van der Waals surface area contributed by atoms with Crippen molar-refractivity contribution in [3.8, 4) is 11.5 Å². The first-order valence-electron chi connectivity index (χ1n) is 8.15. The SMILES string of the molecule is COC(=O)Nc1nc2c(s1)CN(C(=O)Nc1cc(OC)cc(OC)c1)CC2. The van der Waals surface area contributed by atoms with E-state index < -0.39 is 6.09 Å². The van der Waals surface area contributed by atoms with E-state index in [2.05, 4.69) is 20.4 Å². The number of rotatable bonds is 4. The van der Waals surface area contributed by atoms with Crippen LogP contribution in [0.1, 0.15) is 10.6 Å². The average Bonchev–Trinajstić information content (AvgIpc) is 3.08. The van der Waals surface area contributed by atoms with E-state index in [0.29, 0.717) is 41.8 Å². The number of methoxy groups -OCH3 is 3. The fourth-order valence-corrected chi connectivity index (χ4v) is 3.65. The molecular formula is C17H20N4O5S. The van der Waals surface area contributed by atoms with Crippen LogP contribution in [0.15, 0.2) is 18.2 Å². The molecule has 3 rings (SSSR count). The number of urea groups is 1. The molecule has 0 radical (unpaired) electrons. The third kappa shape index (κ3) is 4.40. The van der Waals surface area contributed by atoms with Crippen molar-refractivity contribution >= 4 is 34.3 Å². The van der Waals surface area contributed by atoms with Crippen molar-refractivity contribution in [1.29, 1.82) is 0 Å². The third-order valence-electron chi connectivity index (χ3n) is 4.02. The molecule has 10 heteroatoms. The minimum atomic E-state index is -0.567. The van der Waals surface area contributed by atoms with Gasteiger partial charge in [0.15, 0.2) is 5.13 Å². The molecule has 1 aliphatic rings. The summed E-state index contributed by atoms with van der Waals surface area (Å²) >= 11 is 1.33. The molecule has 1 aromatic carbocycles. The highest BCUT2D eigenvalue weighted by Crippen LogP contribution is 2.30. The maximum absolute atomic E-state index is 12.6. The number of ether oxygens (including phenoxy) is 3. The first-order valence-corrected chi connectivity index (χ1v) is 8.96. The second kappa shape index (κ2) is 8.12. The van der Waals surface area contributed by atoms with Gasteiger partial charge in [-0.2, -0.15) is 0 Å². The number of hydrogen-bond donors (Lipinski definition) is 2. The number of anilines is 2. The van der Waals surface area contributed by atoms with E-state index in [4.69, 9.17) is 9.47 Å². The molecule has 0 bridgehead atoms. The van der Waals surface area contributed by atoms with Crippen molar-refractivity contribution < 1.29 is 23.8 Å². The monoisotopic (exact) mass is 392 g/mol. The molecular weight excluding hydrogens is 372 g/mol. The van der Waals surface area contributed by atoms with Crippen LogP contribution in [0.3, 0.4) is 0 Å². The Bertz CT molecular complexity index is 832. The van der Waals surface area contributed by atoms with Crippen LogP contribution in [-0.2, 0) is 17.7 Å². The van der Waals surface area contributed by atoms with E-state index in [0.717, 1.165) is 10.6 Å². The number of carbonyl (C=O) groups excluding carboxylic acids is 2. The summed E-state index contributed by atoms with van der Waals surface area (Å²) < 4.78 is 15.0. The van der Waals surface area contributed by atoms with Crippen LogP contribution >= 0.6 is 11.3 Å². The number of carbonyl (C=O) groups is 2. The Balaban J connectivity index is 1.68. The maximum atomic E-state index is 12.6. The van der Waals surface area contributed by atoms with E-state index in [1.165, 1.54) is 18.4 Å². The molecule has 2 heterocycles. The zero-order valence-corrected chi connectivity index (χ0v) is 16.0. The van der Waals surface area contributed by atoms with Crippen molar-refractivity contribution in [2.24, 2.45) is 0 Å². The van der Waals surface area contributed by atoms with Gasteiger partial charge in [-0.3, -0.25) is 5.32 Å². The molecule has 2 aromatic rings. The summed E-state index contributed by atoms with van der Waals surface area (Å²) in [6.45, 7) is 0.949. The molecule has 0 aliphatic carbocycles. The molecule has 9 nitrogen and oxygen atoms in total. The minimum Gasteiger partial charge on any atom is -0.497 e. The summed E-state index contributed by atoms with van der Waals surface area (Å²) in [5, 5.41) is 5.88. The van der Waals surface area contributed by atoms with Crippen LogP contribution in [0, 0.1) is 0 Å². The number of hydrogen-bond acceptors (Lipinski definition) is 7. The smallest absolute Gasteiger partial charge is 0.413 e. The summed E-state index contributed by atoms with van der Waals surface area (Å²) in [5.74, 6) is 1.18. The van der Waals surface area contributed by atoms with Crippen LogP contribution < -0.4 is 20.1 Å². The average molecular weight is 392 g/mol. The Labute approximate surface area is 160 Å². The van der Waals surface area contributed by atoms with Crippen LogP contribution in [-0.4, -0.2) is 49.9 Å². The third-order valence-corrected chi connectivity index (χ3v) is 5.01. The van der Waals surface area contributed by atoms with Crippen LogP contribution in [0.2, 0.25) is 0 Å². The number of amides is 3. The Morgan fingerprint density at radius 2 is 1.81 bits per heavy atom. The summed E-state index contributed by atoms with van der Waals surface area (Å²) in [5.41, 5.74) is 1.47. The predicted molar refractivity (Wildman–Crippen MR) is 101 cm³/mol. The molecule has 0 saturated heterocycles. The molecule has 0 unspecified atom stereocenters. The fraction of sp³-hybridized carbons (Fsp3) is 0.353. The van der Waals surface area contributed by atoms with E-state index >= 15 is 0 Å². The van der Waals surface area contributed by atoms with Gasteiger partial charge in [-0.25, -0.2) is 14.6 Å². The van der Waals surface area contributed by atoms with E-state index in [-0.39, 0.29) is 6.03 Å². The Hall–Kier alpha value is -3.01. The fourth-order valence-electron chi connectivity index (χ4n) is 2.64. The molecule has 144 valence electrons. The van der Waals surface area contributed by atoms with E-state index in [1.54, 1.807) is 37.3 Å². The van der Waals surface area contributed by atoms with E-state index in [1.807, 2.05) is 0 Å². The molecule has 0 atom stereocenters. The van der Waals surface area contributed by atoms with Gasteiger partial charge in [0.05, 0.1) is 33.6 Å². The number of thiazole rings is 1. The van der Waals surface area contributed by atoms with Gasteiger partial charge in [0.25, 0.3) is 0 Å². The summed E-state index contributed by atoms with van der Waals surface area (Å²) in [6, 6.07) is 4.95. The number of fused-ring (bicyclic) bond motifs is 1. The Kier molecular flexibility index (Phi) is 5.65. The summed E-state index contributed by atoms with van der Waals surface area (Å²) in [4.78, 5) is 30.9. The Morgan fingerprint density at radius 1 is 1.11 bits per heavy atom. The van der Waals surface area contributed by atoms with Gasteiger partial charge in [0.1, 0.15) is 11.5 Å². The molecule has 0 saturated carbocycles. The Morgan fingerprint density at radius 3 is 2.44 bits per heavy atom. The first-order chi connectivity index (χ1) is 13.0. The van der Waals surface area contributed by atoms with Gasteiger partial charge in [-0.1, -0.05) is 11.3 Å². The molecule has 0 spiro atoms. The predicted octanol–water partition coefficient (Wildman–Crippen LogP) is 2.93. The molecule has 0 fully saturated rings. The molecule has 3 amide bonds. The lowest BCUT2D eigenvalue weighted by Gasteiger charge is -2.26. The molecule has 27 heavy (non-hydrogen) atoms. The van der Waals surface area contributed by atoms with Crippen molar-refractivity contribution in [2.75, 3.05) is 38.5 Å². The topological polar surface area (TPSA) is 102 Å². The number of nitrogens with zero attached hydrogens (tertiary/aromatic N) is 2. The lowest BCUT2D eigenvalue weighted by Crippen LogP contribution is -2.38. The number of benzene rings is 1. The highest BCUT2D eigenvalue weighted by Gasteiger charge is 2.25. The van der Waals surface area contributed by atoms with Crippen LogP contribution in [0.5, 0.6) is 11.5 Å². The maximum Gasteiger partial charge on any atom is 0.413 e. The van der Waals surface area contributed by atoms with Crippen molar-refractivity contribution in [2.45, 2.75) is 13.0 Å². The zero-order chi connectivity index (χ0) is 19.4. The standard InChI is InChI=1S/C17H20N4O5S/c1-24-11-6-10(7-12(8-11)25-2)18-16(22)21-5-4-13-14(9-21)27-15(19-13)20-17(23)26-3/h6-8H,4-5,9H2,1-3H3,(H,18,22)(H,19,20,23). The van der Waals surface area contributed by atoms with Gasteiger partial charge in [0.2, 0.25) is 0 Å². The van der Waals surface area contributed by atoms with Crippen molar-refractivity contribution in [3.63, 3.8) is 0 Å². The highest BCUT2D eigenvalue weighted by molar-refractivity contribution is 7.15. The molecule has 1 aliphatic heterocycles.